The summed E-state index contributed by atoms with van der Waals surface area (Å²) in [5.74, 6) is 0.0109. The van der Waals surface area contributed by atoms with Crippen molar-refractivity contribution in [3.8, 4) is 0 Å². The zero-order valence-corrected chi connectivity index (χ0v) is 16.3. The summed E-state index contributed by atoms with van der Waals surface area (Å²) in [5, 5.41) is 0. The van der Waals surface area contributed by atoms with E-state index in [2.05, 4.69) is 29.0 Å². The van der Waals surface area contributed by atoms with E-state index in [-0.39, 0.29) is 12.0 Å². The SMILES string of the molecule is CCCOC1CCCN(C(=O)c2cnc3c(c2)ncn3Cc2ccccc2)C1. The maximum absolute atomic E-state index is 13.0. The molecule has 6 nitrogen and oxygen atoms in total. The first kappa shape index (κ1) is 18.6. The highest BCUT2D eigenvalue weighted by Crippen LogP contribution is 2.19. The summed E-state index contributed by atoms with van der Waals surface area (Å²) in [6.45, 7) is 4.98. The Morgan fingerprint density at radius 3 is 2.93 bits per heavy atom. The normalized spacial score (nSPS) is 17.2. The van der Waals surface area contributed by atoms with Crippen molar-refractivity contribution in [2.45, 2.75) is 38.8 Å². The van der Waals surface area contributed by atoms with Crippen molar-refractivity contribution < 1.29 is 9.53 Å². The molecule has 0 aliphatic carbocycles. The molecule has 3 heterocycles. The molecular formula is C22H26N4O2. The minimum Gasteiger partial charge on any atom is -0.376 e. The average Bonchev–Trinajstić information content (AvgIpc) is 3.14. The first-order valence-corrected chi connectivity index (χ1v) is 10.0. The fourth-order valence-electron chi connectivity index (χ4n) is 3.69. The van der Waals surface area contributed by atoms with Gasteiger partial charge >= 0.3 is 0 Å². The lowest BCUT2D eigenvalue weighted by molar-refractivity contribution is 0.00210. The van der Waals surface area contributed by atoms with Crippen LogP contribution in [0.4, 0.5) is 0 Å². The van der Waals surface area contributed by atoms with Gasteiger partial charge in [0, 0.05) is 25.9 Å². The molecule has 1 fully saturated rings. The molecule has 0 radical (unpaired) electrons. The molecule has 1 amide bonds. The Labute approximate surface area is 165 Å². The third-order valence-corrected chi connectivity index (χ3v) is 5.12. The Bertz CT molecular complexity index is 938. The number of amides is 1. The van der Waals surface area contributed by atoms with Crippen molar-refractivity contribution in [1.82, 2.24) is 19.4 Å². The van der Waals surface area contributed by atoms with Gasteiger partial charge in [-0.15, -0.1) is 0 Å². The Hall–Kier alpha value is -2.73. The van der Waals surface area contributed by atoms with Crippen LogP contribution in [0.1, 0.15) is 42.1 Å². The smallest absolute Gasteiger partial charge is 0.255 e. The summed E-state index contributed by atoms with van der Waals surface area (Å²) in [6.07, 6.45) is 6.58. The number of imidazole rings is 1. The van der Waals surface area contributed by atoms with Crippen molar-refractivity contribution in [2.24, 2.45) is 0 Å². The molecule has 1 unspecified atom stereocenters. The van der Waals surface area contributed by atoms with E-state index in [1.807, 2.05) is 33.7 Å². The van der Waals surface area contributed by atoms with Gasteiger partial charge in [0.25, 0.3) is 5.91 Å². The van der Waals surface area contributed by atoms with Crippen LogP contribution >= 0.6 is 0 Å². The number of rotatable bonds is 6. The highest BCUT2D eigenvalue weighted by Gasteiger charge is 2.25. The third kappa shape index (κ3) is 4.07. The molecule has 0 N–H and O–H groups in total. The van der Waals surface area contributed by atoms with Crippen molar-refractivity contribution in [1.29, 1.82) is 0 Å². The highest BCUT2D eigenvalue weighted by atomic mass is 16.5. The number of aromatic nitrogens is 3. The maximum atomic E-state index is 13.0. The van der Waals surface area contributed by atoms with Gasteiger partial charge in [0.2, 0.25) is 0 Å². The topological polar surface area (TPSA) is 60.2 Å². The lowest BCUT2D eigenvalue weighted by atomic mass is 10.1. The Balaban J connectivity index is 1.49. The van der Waals surface area contributed by atoms with Gasteiger partial charge in [0.1, 0.15) is 5.52 Å². The second-order valence-corrected chi connectivity index (χ2v) is 7.31. The summed E-state index contributed by atoms with van der Waals surface area (Å²) in [5.41, 5.74) is 3.32. The number of hydrogen-bond acceptors (Lipinski definition) is 4. The average molecular weight is 378 g/mol. The second-order valence-electron chi connectivity index (χ2n) is 7.31. The molecule has 0 spiro atoms. The number of carbonyl (C=O) groups excluding carboxylic acids is 1. The molecule has 28 heavy (non-hydrogen) atoms. The monoisotopic (exact) mass is 378 g/mol. The number of hydrogen-bond donors (Lipinski definition) is 0. The van der Waals surface area contributed by atoms with Gasteiger partial charge in [0.05, 0.1) is 24.5 Å². The molecule has 4 rings (SSSR count). The number of carbonyl (C=O) groups is 1. The van der Waals surface area contributed by atoms with Crippen LogP contribution in [-0.2, 0) is 11.3 Å². The van der Waals surface area contributed by atoms with E-state index in [0.29, 0.717) is 18.7 Å². The van der Waals surface area contributed by atoms with Gasteiger partial charge < -0.3 is 14.2 Å². The lowest BCUT2D eigenvalue weighted by Gasteiger charge is -2.32. The van der Waals surface area contributed by atoms with Crippen molar-refractivity contribution >= 4 is 17.1 Å². The van der Waals surface area contributed by atoms with E-state index < -0.39 is 0 Å². The maximum Gasteiger partial charge on any atom is 0.255 e. The predicted octanol–water partition coefficient (Wildman–Crippen LogP) is 3.51. The van der Waals surface area contributed by atoms with Crippen LogP contribution in [0, 0.1) is 0 Å². The number of pyridine rings is 1. The highest BCUT2D eigenvalue weighted by molar-refractivity contribution is 5.96. The van der Waals surface area contributed by atoms with Gasteiger partial charge in [-0.2, -0.15) is 0 Å². The molecule has 3 aromatic rings. The van der Waals surface area contributed by atoms with Crippen LogP contribution in [0.3, 0.4) is 0 Å². The minimum atomic E-state index is 0.0109. The number of fused-ring (bicyclic) bond motifs is 1. The molecular weight excluding hydrogens is 352 g/mol. The van der Waals surface area contributed by atoms with Gasteiger partial charge in [-0.25, -0.2) is 9.97 Å². The zero-order valence-electron chi connectivity index (χ0n) is 16.3. The molecule has 1 saturated heterocycles. The fourth-order valence-corrected chi connectivity index (χ4v) is 3.69. The molecule has 0 saturated carbocycles. The summed E-state index contributed by atoms with van der Waals surface area (Å²) in [6, 6.07) is 12.1. The Morgan fingerprint density at radius 1 is 1.25 bits per heavy atom. The van der Waals surface area contributed by atoms with E-state index in [9.17, 15) is 4.79 Å². The molecule has 2 aromatic heterocycles. The quantitative estimate of drug-likeness (QED) is 0.659. The largest absolute Gasteiger partial charge is 0.376 e. The molecule has 1 aliphatic rings. The van der Waals surface area contributed by atoms with Crippen molar-refractivity contribution in [3.05, 3.63) is 60.0 Å². The third-order valence-electron chi connectivity index (χ3n) is 5.12. The van der Waals surface area contributed by atoms with E-state index in [4.69, 9.17) is 4.74 Å². The summed E-state index contributed by atoms with van der Waals surface area (Å²) >= 11 is 0. The van der Waals surface area contributed by atoms with E-state index in [1.165, 1.54) is 5.56 Å². The fraction of sp³-hybridized carbons (Fsp3) is 0.409. The van der Waals surface area contributed by atoms with E-state index >= 15 is 0 Å². The lowest BCUT2D eigenvalue weighted by Crippen LogP contribution is -2.43. The minimum absolute atomic E-state index is 0.0109. The van der Waals surface area contributed by atoms with Gasteiger partial charge in [0.15, 0.2) is 5.65 Å². The molecule has 146 valence electrons. The number of ether oxygens (including phenoxy) is 1. The molecule has 0 bridgehead atoms. The summed E-state index contributed by atoms with van der Waals surface area (Å²) in [7, 11) is 0. The predicted molar refractivity (Wildman–Crippen MR) is 108 cm³/mol. The van der Waals surface area contributed by atoms with Gasteiger partial charge in [-0.3, -0.25) is 4.79 Å². The zero-order chi connectivity index (χ0) is 19.3. The first-order chi connectivity index (χ1) is 13.7. The van der Waals surface area contributed by atoms with Crippen LogP contribution in [0.25, 0.3) is 11.2 Å². The van der Waals surface area contributed by atoms with Crippen molar-refractivity contribution in [2.75, 3.05) is 19.7 Å². The van der Waals surface area contributed by atoms with Crippen LogP contribution in [0.2, 0.25) is 0 Å². The molecule has 1 aliphatic heterocycles. The van der Waals surface area contributed by atoms with Crippen LogP contribution in [-0.4, -0.2) is 51.1 Å². The number of nitrogens with zero attached hydrogens (tertiary/aromatic N) is 4. The van der Waals surface area contributed by atoms with Crippen LogP contribution in [0.5, 0.6) is 0 Å². The number of likely N-dealkylation sites (tertiary alicyclic amines) is 1. The Kier molecular flexibility index (Phi) is 5.67. The Morgan fingerprint density at radius 2 is 2.11 bits per heavy atom. The number of benzene rings is 1. The molecule has 1 atom stereocenters. The van der Waals surface area contributed by atoms with Gasteiger partial charge in [-0.05, 0) is 30.9 Å². The standard InChI is InChI=1S/C22H26N4O2/c1-2-11-28-19-9-6-10-25(15-19)22(27)18-12-20-21(23-13-18)26(16-24-20)14-17-7-4-3-5-8-17/h3-5,7-8,12-13,16,19H,2,6,9-11,14-15H2,1H3. The van der Waals surface area contributed by atoms with Gasteiger partial charge in [-0.1, -0.05) is 37.3 Å². The number of piperidine rings is 1. The summed E-state index contributed by atoms with van der Waals surface area (Å²) < 4.78 is 7.86. The van der Waals surface area contributed by atoms with Crippen LogP contribution in [0.15, 0.2) is 48.9 Å². The molecule has 1 aromatic carbocycles. The van der Waals surface area contributed by atoms with Crippen molar-refractivity contribution in [3.63, 3.8) is 0 Å². The van der Waals surface area contributed by atoms with E-state index in [1.54, 1.807) is 12.5 Å². The van der Waals surface area contributed by atoms with Crippen LogP contribution < -0.4 is 0 Å². The first-order valence-electron chi connectivity index (χ1n) is 10.0. The second kappa shape index (κ2) is 8.52. The van der Waals surface area contributed by atoms with E-state index in [0.717, 1.165) is 43.6 Å². The molecule has 6 heteroatoms. The summed E-state index contributed by atoms with van der Waals surface area (Å²) in [4.78, 5) is 23.8.